The number of nitrogens with zero attached hydrogens (tertiary/aromatic N) is 5. The molecule has 0 bridgehead atoms. The SMILES string of the molecule is CCN(C)/C=N/c1cc(Br)c(OC2CCN(S(=O)(=O)N(C)C)CC2)nc1C. The molecule has 1 saturated heterocycles. The van der Waals surface area contributed by atoms with Crippen molar-refractivity contribution in [3.63, 3.8) is 0 Å². The summed E-state index contributed by atoms with van der Waals surface area (Å²) in [6, 6.07) is 1.89. The number of piperidine rings is 1. The van der Waals surface area contributed by atoms with Crippen LogP contribution in [0.4, 0.5) is 5.69 Å². The van der Waals surface area contributed by atoms with Crippen molar-refractivity contribution in [3.05, 3.63) is 16.2 Å². The highest BCUT2D eigenvalue weighted by molar-refractivity contribution is 9.10. The fourth-order valence-corrected chi connectivity index (χ4v) is 4.11. The Bertz CT molecular complexity index is 777. The van der Waals surface area contributed by atoms with Gasteiger partial charge in [0.2, 0.25) is 5.88 Å². The quantitative estimate of drug-likeness (QED) is 0.460. The molecule has 0 atom stereocenters. The Balaban J connectivity index is 2.03. The van der Waals surface area contributed by atoms with E-state index < -0.39 is 10.2 Å². The molecule has 0 aromatic carbocycles. The predicted octanol–water partition coefficient (Wildman–Crippen LogP) is 2.41. The van der Waals surface area contributed by atoms with Crippen LogP contribution in [0.1, 0.15) is 25.5 Å². The van der Waals surface area contributed by atoms with Crippen LogP contribution in [0, 0.1) is 6.92 Å². The topological polar surface area (TPSA) is 78.3 Å². The van der Waals surface area contributed by atoms with Gasteiger partial charge in [0.15, 0.2) is 0 Å². The van der Waals surface area contributed by atoms with Crippen LogP contribution in [0.3, 0.4) is 0 Å². The molecule has 1 aromatic heterocycles. The normalized spacial score (nSPS) is 17.0. The largest absolute Gasteiger partial charge is 0.473 e. The summed E-state index contributed by atoms with van der Waals surface area (Å²) in [7, 11) is 1.69. The number of rotatable bonds is 7. The number of hydrogen-bond donors (Lipinski definition) is 0. The zero-order chi connectivity index (χ0) is 20.2. The first-order valence-corrected chi connectivity index (χ1v) is 11.1. The maximum absolute atomic E-state index is 12.2. The van der Waals surface area contributed by atoms with Gasteiger partial charge >= 0.3 is 0 Å². The third-order valence-corrected chi connectivity index (χ3v) is 6.98. The lowest BCUT2D eigenvalue weighted by atomic mass is 10.1. The first kappa shape index (κ1) is 22.1. The maximum atomic E-state index is 12.2. The Labute approximate surface area is 170 Å². The van der Waals surface area contributed by atoms with E-state index in [1.54, 1.807) is 20.4 Å². The van der Waals surface area contributed by atoms with Gasteiger partial charge in [-0.25, -0.2) is 9.98 Å². The van der Waals surface area contributed by atoms with E-state index in [9.17, 15) is 8.42 Å². The summed E-state index contributed by atoms with van der Waals surface area (Å²) in [5.74, 6) is 0.518. The van der Waals surface area contributed by atoms with Gasteiger partial charge in [-0.15, -0.1) is 0 Å². The smallest absolute Gasteiger partial charge is 0.281 e. The van der Waals surface area contributed by atoms with E-state index in [0.29, 0.717) is 31.8 Å². The summed E-state index contributed by atoms with van der Waals surface area (Å²) >= 11 is 3.51. The zero-order valence-electron chi connectivity index (χ0n) is 16.5. The molecule has 1 aromatic rings. The van der Waals surface area contributed by atoms with E-state index in [1.807, 2.05) is 24.9 Å². The minimum atomic E-state index is -3.37. The van der Waals surface area contributed by atoms with Gasteiger partial charge in [0.25, 0.3) is 10.2 Å². The van der Waals surface area contributed by atoms with Gasteiger partial charge in [0.05, 0.1) is 22.2 Å². The van der Waals surface area contributed by atoms with Gasteiger partial charge in [-0.05, 0) is 48.7 Å². The van der Waals surface area contributed by atoms with Gasteiger partial charge in [-0.1, -0.05) is 0 Å². The van der Waals surface area contributed by atoms with E-state index in [4.69, 9.17) is 4.74 Å². The first-order chi connectivity index (χ1) is 12.6. The molecule has 2 rings (SSSR count). The maximum Gasteiger partial charge on any atom is 0.281 e. The molecule has 8 nitrogen and oxygen atoms in total. The third-order valence-electron chi connectivity index (χ3n) is 4.47. The second-order valence-electron chi connectivity index (χ2n) is 6.70. The molecule has 1 fully saturated rings. The second-order valence-corrected chi connectivity index (χ2v) is 9.70. The van der Waals surface area contributed by atoms with E-state index in [0.717, 1.165) is 22.4 Å². The summed E-state index contributed by atoms with van der Waals surface area (Å²) in [5, 5.41) is 0. The summed E-state index contributed by atoms with van der Waals surface area (Å²) in [6.07, 6.45) is 2.96. The van der Waals surface area contributed by atoms with Crippen molar-refractivity contribution in [2.75, 3.05) is 40.8 Å². The average Bonchev–Trinajstić information content (AvgIpc) is 2.63. The minimum absolute atomic E-state index is 0.0672. The third kappa shape index (κ3) is 5.63. The second kappa shape index (κ2) is 9.31. The molecule has 152 valence electrons. The molecule has 0 radical (unpaired) electrons. The predicted molar refractivity (Wildman–Crippen MR) is 111 cm³/mol. The Hall–Kier alpha value is -1.23. The zero-order valence-corrected chi connectivity index (χ0v) is 18.9. The lowest BCUT2D eigenvalue weighted by Crippen LogP contribution is -2.46. The fourth-order valence-electron chi connectivity index (χ4n) is 2.57. The number of aromatic nitrogens is 1. The van der Waals surface area contributed by atoms with E-state index in [-0.39, 0.29) is 6.10 Å². The summed E-state index contributed by atoms with van der Waals surface area (Å²) < 4.78 is 33.9. The van der Waals surface area contributed by atoms with Gasteiger partial charge in [-0.3, -0.25) is 0 Å². The lowest BCUT2D eigenvalue weighted by Gasteiger charge is -2.32. The Morgan fingerprint density at radius 1 is 1.37 bits per heavy atom. The van der Waals surface area contributed by atoms with E-state index >= 15 is 0 Å². The Morgan fingerprint density at radius 3 is 2.56 bits per heavy atom. The Morgan fingerprint density at radius 2 is 2.00 bits per heavy atom. The number of pyridine rings is 1. The van der Waals surface area contributed by atoms with E-state index in [2.05, 4.69) is 32.8 Å². The summed E-state index contributed by atoms with van der Waals surface area (Å²) in [4.78, 5) is 11.0. The highest BCUT2D eigenvalue weighted by Crippen LogP contribution is 2.31. The molecular weight excluding hydrogens is 434 g/mol. The van der Waals surface area contributed by atoms with Crippen LogP contribution in [-0.4, -0.2) is 80.1 Å². The van der Waals surface area contributed by atoms with Gasteiger partial charge < -0.3 is 9.64 Å². The molecular formula is C17H28BrN5O3S. The van der Waals surface area contributed by atoms with Crippen molar-refractivity contribution in [3.8, 4) is 5.88 Å². The standard InChI is InChI=1S/C17H28BrN5O3S/c1-6-22(5)12-19-16-11-15(18)17(20-13(16)2)26-14-7-9-23(10-8-14)27(24,25)21(3)4/h11-12,14H,6-10H2,1-5H3/b19-12+. The van der Waals surface area contributed by atoms with Crippen LogP contribution in [0.25, 0.3) is 0 Å². The van der Waals surface area contributed by atoms with Gasteiger partial charge in [0.1, 0.15) is 6.10 Å². The molecule has 1 aliphatic rings. The van der Waals surface area contributed by atoms with Crippen molar-refractivity contribution in [1.82, 2.24) is 18.5 Å². The number of ether oxygens (including phenoxy) is 1. The Kier molecular flexibility index (Phi) is 7.61. The minimum Gasteiger partial charge on any atom is -0.473 e. The molecule has 0 amide bonds. The summed E-state index contributed by atoms with van der Waals surface area (Å²) in [6.45, 7) is 5.70. The molecule has 0 saturated carbocycles. The number of aryl methyl sites for hydroxylation is 1. The lowest BCUT2D eigenvalue weighted by molar-refractivity contribution is 0.127. The highest BCUT2D eigenvalue weighted by Gasteiger charge is 2.30. The van der Waals surface area contributed by atoms with Gasteiger partial charge in [0, 0.05) is 40.8 Å². The van der Waals surface area contributed by atoms with Gasteiger partial charge in [-0.2, -0.15) is 17.0 Å². The first-order valence-electron chi connectivity index (χ1n) is 8.91. The molecule has 0 spiro atoms. The molecule has 27 heavy (non-hydrogen) atoms. The monoisotopic (exact) mass is 461 g/mol. The van der Waals surface area contributed by atoms with Crippen molar-refractivity contribution in [1.29, 1.82) is 0 Å². The fraction of sp³-hybridized carbons (Fsp3) is 0.647. The molecule has 1 aliphatic heterocycles. The van der Waals surface area contributed by atoms with Crippen molar-refractivity contribution in [2.24, 2.45) is 4.99 Å². The molecule has 0 N–H and O–H groups in total. The van der Waals surface area contributed by atoms with Crippen molar-refractivity contribution in [2.45, 2.75) is 32.8 Å². The molecule has 10 heteroatoms. The van der Waals surface area contributed by atoms with Crippen LogP contribution in [0.15, 0.2) is 15.5 Å². The molecule has 0 aliphatic carbocycles. The van der Waals surface area contributed by atoms with Crippen molar-refractivity contribution < 1.29 is 13.2 Å². The highest BCUT2D eigenvalue weighted by atomic mass is 79.9. The van der Waals surface area contributed by atoms with Crippen LogP contribution in [0.2, 0.25) is 0 Å². The van der Waals surface area contributed by atoms with Crippen LogP contribution in [-0.2, 0) is 10.2 Å². The number of aliphatic imine (C=N–C) groups is 1. The van der Waals surface area contributed by atoms with Crippen LogP contribution in [0.5, 0.6) is 5.88 Å². The molecule has 2 heterocycles. The van der Waals surface area contributed by atoms with Crippen LogP contribution >= 0.6 is 15.9 Å². The van der Waals surface area contributed by atoms with Crippen molar-refractivity contribution >= 4 is 38.2 Å². The summed E-state index contributed by atoms with van der Waals surface area (Å²) in [5.41, 5.74) is 1.56. The van der Waals surface area contributed by atoms with Crippen LogP contribution < -0.4 is 4.74 Å². The van der Waals surface area contributed by atoms with E-state index in [1.165, 1.54) is 8.61 Å². The molecule has 0 unspecified atom stereocenters. The number of hydrogen-bond acceptors (Lipinski definition) is 5. The number of halogens is 1. The average molecular weight is 462 g/mol.